The van der Waals surface area contributed by atoms with Gasteiger partial charge in [-0.3, -0.25) is 9.59 Å². The molecule has 1 aromatic rings. The Balaban J connectivity index is 0.00000529. The zero-order valence-electron chi connectivity index (χ0n) is 15.3. The number of rotatable bonds is 7. The van der Waals surface area contributed by atoms with Crippen molar-refractivity contribution in [2.24, 2.45) is 5.73 Å². The SMILES string of the molecule is CCCC(C)(N)C(=O)Nc1ccc(CN(C(C)=O)C(C)C)cc1.Cl. The maximum Gasteiger partial charge on any atom is 0.244 e. The van der Waals surface area contributed by atoms with Gasteiger partial charge in [0.1, 0.15) is 0 Å². The van der Waals surface area contributed by atoms with Gasteiger partial charge in [0.05, 0.1) is 5.54 Å². The molecule has 1 unspecified atom stereocenters. The predicted octanol–water partition coefficient (Wildman–Crippen LogP) is 3.32. The van der Waals surface area contributed by atoms with Crippen molar-refractivity contribution < 1.29 is 9.59 Å². The van der Waals surface area contributed by atoms with E-state index < -0.39 is 5.54 Å². The molecule has 136 valence electrons. The Labute approximate surface area is 151 Å². The molecule has 0 aliphatic carbocycles. The van der Waals surface area contributed by atoms with E-state index in [9.17, 15) is 9.59 Å². The van der Waals surface area contributed by atoms with Crippen molar-refractivity contribution in [2.75, 3.05) is 5.32 Å². The van der Waals surface area contributed by atoms with Crippen LogP contribution in [-0.4, -0.2) is 28.3 Å². The number of nitrogens with two attached hydrogens (primary N) is 1. The fourth-order valence-electron chi connectivity index (χ4n) is 2.45. The van der Waals surface area contributed by atoms with Crippen LogP contribution in [0.25, 0.3) is 0 Å². The van der Waals surface area contributed by atoms with E-state index in [1.807, 2.05) is 45.0 Å². The van der Waals surface area contributed by atoms with Crippen molar-refractivity contribution in [3.63, 3.8) is 0 Å². The molecule has 0 aliphatic heterocycles. The molecule has 5 nitrogen and oxygen atoms in total. The first-order valence-electron chi connectivity index (χ1n) is 8.14. The van der Waals surface area contributed by atoms with Crippen molar-refractivity contribution in [3.8, 4) is 0 Å². The fourth-order valence-corrected chi connectivity index (χ4v) is 2.45. The maximum absolute atomic E-state index is 12.2. The summed E-state index contributed by atoms with van der Waals surface area (Å²) in [6.07, 6.45) is 1.49. The summed E-state index contributed by atoms with van der Waals surface area (Å²) in [7, 11) is 0. The topological polar surface area (TPSA) is 75.4 Å². The molecular weight excluding hydrogens is 326 g/mol. The lowest BCUT2D eigenvalue weighted by Gasteiger charge is -2.25. The quantitative estimate of drug-likeness (QED) is 0.787. The molecule has 0 bridgehead atoms. The van der Waals surface area contributed by atoms with Crippen LogP contribution in [-0.2, 0) is 16.1 Å². The third-order valence-electron chi connectivity index (χ3n) is 3.88. The Kier molecular flexibility index (Phi) is 9.01. The minimum Gasteiger partial charge on any atom is -0.336 e. The molecule has 0 spiro atoms. The first-order valence-corrected chi connectivity index (χ1v) is 8.14. The Morgan fingerprint density at radius 1 is 1.25 bits per heavy atom. The van der Waals surface area contributed by atoms with Crippen molar-refractivity contribution in [3.05, 3.63) is 29.8 Å². The van der Waals surface area contributed by atoms with E-state index >= 15 is 0 Å². The molecule has 24 heavy (non-hydrogen) atoms. The monoisotopic (exact) mass is 355 g/mol. The lowest BCUT2D eigenvalue weighted by Crippen LogP contribution is -2.48. The van der Waals surface area contributed by atoms with E-state index in [1.54, 1.807) is 18.7 Å². The Morgan fingerprint density at radius 2 is 1.79 bits per heavy atom. The normalized spacial score (nSPS) is 13.0. The van der Waals surface area contributed by atoms with Gasteiger partial charge in [-0.15, -0.1) is 12.4 Å². The van der Waals surface area contributed by atoms with Gasteiger partial charge in [0, 0.05) is 25.2 Å². The number of hydrogen-bond donors (Lipinski definition) is 2. The number of hydrogen-bond acceptors (Lipinski definition) is 3. The Morgan fingerprint density at radius 3 is 2.21 bits per heavy atom. The molecule has 2 amide bonds. The van der Waals surface area contributed by atoms with Crippen LogP contribution in [0.5, 0.6) is 0 Å². The molecule has 0 saturated carbocycles. The Bertz CT molecular complexity index is 542. The highest BCUT2D eigenvalue weighted by molar-refractivity contribution is 5.97. The van der Waals surface area contributed by atoms with Crippen LogP contribution in [0.1, 0.15) is 53.0 Å². The highest BCUT2D eigenvalue weighted by atomic mass is 35.5. The second kappa shape index (κ2) is 9.64. The van der Waals surface area contributed by atoms with Crippen LogP contribution in [0.15, 0.2) is 24.3 Å². The van der Waals surface area contributed by atoms with Gasteiger partial charge in [0.2, 0.25) is 11.8 Å². The maximum atomic E-state index is 12.2. The first kappa shape index (κ1) is 22.4. The van der Waals surface area contributed by atoms with Gasteiger partial charge in [-0.2, -0.15) is 0 Å². The van der Waals surface area contributed by atoms with Crippen LogP contribution in [0.3, 0.4) is 0 Å². The lowest BCUT2D eigenvalue weighted by molar-refractivity contribution is -0.131. The van der Waals surface area contributed by atoms with Gasteiger partial charge in [0.25, 0.3) is 0 Å². The van der Waals surface area contributed by atoms with Crippen LogP contribution in [0, 0.1) is 0 Å². The van der Waals surface area contributed by atoms with Crippen molar-refractivity contribution in [1.82, 2.24) is 4.90 Å². The Hall–Kier alpha value is -1.59. The summed E-state index contributed by atoms with van der Waals surface area (Å²) in [5.41, 5.74) is 6.90. The summed E-state index contributed by atoms with van der Waals surface area (Å²) in [5.74, 6) is -0.129. The predicted molar refractivity (Wildman–Crippen MR) is 101 cm³/mol. The summed E-state index contributed by atoms with van der Waals surface area (Å²) < 4.78 is 0. The molecule has 0 aliphatic rings. The van der Waals surface area contributed by atoms with Crippen molar-refractivity contribution in [1.29, 1.82) is 0 Å². The van der Waals surface area contributed by atoms with E-state index in [4.69, 9.17) is 5.73 Å². The third kappa shape index (κ3) is 6.49. The summed E-state index contributed by atoms with van der Waals surface area (Å²) in [4.78, 5) is 25.6. The van der Waals surface area contributed by atoms with Crippen LogP contribution < -0.4 is 11.1 Å². The second-order valence-electron chi connectivity index (χ2n) is 6.56. The number of halogens is 1. The minimum atomic E-state index is -0.865. The van der Waals surface area contributed by atoms with Gasteiger partial charge in [-0.05, 0) is 44.9 Å². The summed E-state index contributed by atoms with van der Waals surface area (Å²) >= 11 is 0. The summed E-state index contributed by atoms with van der Waals surface area (Å²) in [6, 6.07) is 7.67. The molecule has 0 radical (unpaired) electrons. The van der Waals surface area contributed by atoms with Crippen molar-refractivity contribution >= 4 is 29.9 Å². The molecule has 0 heterocycles. The summed E-state index contributed by atoms with van der Waals surface area (Å²) in [5, 5.41) is 2.85. The molecule has 0 aromatic heterocycles. The number of nitrogens with one attached hydrogen (secondary N) is 1. The first-order chi connectivity index (χ1) is 10.7. The van der Waals surface area contributed by atoms with E-state index in [-0.39, 0.29) is 30.3 Å². The number of nitrogens with zero attached hydrogens (tertiary/aromatic N) is 1. The lowest BCUT2D eigenvalue weighted by atomic mass is 9.96. The second-order valence-corrected chi connectivity index (χ2v) is 6.56. The van der Waals surface area contributed by atoms with Gasteiger partial charge in [-0.25, -0.2) is 0 Å². The van der Waals surface area contributed by atoms with E-state index in [0.717, 1.165) is 12.0 Å². The number of carbonyl (C=O) groups excluding carboxylic acids is 2. The zero-order chi connectivity index (χ0) is 17.6. The third-order valence-corrected chi connectivity index (χ3v) is 3.88. The molecule has 1 aromatic carbocycles. The highest BCUT2D eigenvalue weighted by Crippen LogP contribution is 2.16. The van der Waals surface area contributed by atoms with Crippen molar-refractivity contribution in [2.45, 2.75) is 65.6 Å². The summed E-state index contributed by atoms with van der Waals surface area (Å²) in [6.45, 7) is 9.87. The highest BCUT2D eigenvalue weighted by Gasteiger charge is 2.27. The molecule has 0 fully saturated rings. The molecular formula is C18H30ClN3O2. The van der Waals surface area contributed by atoms with Crippen LogP contribution in [0.4, 0.5) is 5.69 Å². The smallest absolute Gasteiger partial charge is 0.244 e. The zero-order valence-corrected chi connectivity index (χ0v) is 16.1. The molecule has 1 atom stereocenters. The van der Waals surface area contributed by atoms with E-state index in [2.05, 4.69) is 5.32 Å². The minimum absolute atomic E-state index is 0. The number of anilines is 1. The van der Waals surface area contributed by atoms with Gasteiger partial charge >= 0.3 is 0 Å². The number of amides is 2. The van der Waals surface area contributed by atoms with E-state index in [0.29, 0.717) is 18.7 Å². The van der Waals surface area contributed by atoms with Gasteiger partial charge in [0.15, 0.2) is 0 Å². The fraction of sp³-hybridized carbons (Fsp3) is 0.556. The van der Waals surface area contributed by atoms with Crippen LogP contribution >= 0.6 is 12.4 Å². The average Bonchev–Trinajstić information content (AvgIpc) is 2.45. The molecule has 3 N–H and O–H groups in total. The largest absolute Gasteiger partial charge is 0.336 e. The number of carbonyl (C=O) groups is 2. The van der Waals surface area contributed by atoms with E-state index in [1.165, 1.54) is 0 Å². The standard InChI is InChI=1S/C18H29N3O2.ClH/c1-6-11-18(5,19)17(23)20-16-9-7-15(8-10-16)12-21(13(2)3)14(4)22;/h7-10,13H,6,11-12,19H2,1-5H3,(H,20,23);1H. The number of benzene rings is 1. The molecule has 0 saturated heterocycles. The van der Waals surface area contributed by atoms with Gasteiger partial charge in [-0.1, -0.05) is 25.5 Å². The molecule has 6 heteroatoms. The average molecular weight is 356 g/mol. The molecule has 1 rings (SSSR count). The van der Waals surface area contributed by atoms with Gasteiger partial charge < -0.3 is 16.0 Å². The van der Waals surface area contributed by atoms with Crippen LogP contribution in [0.2, 0.25) is 0 Å².